The highest BCUT2D eigenvalue weighted by Crippen LogP contribution is 2.66. The summed E-state index contributed by atoms with van der Waals surface area (Å²) in [5, 5.41) is 45.1. The Labute approximate surface area is 87.3 Å². The van der Waals surface area contributed by atoms with Crippen LogP contribution in [0.3, 0.4) is 0 Å². The van der Waals surface area contributed by atoms with E-state index >= 15 is 0 Å². The van der Waals surface area contributed by atoms with E-state index in [1.54, 1.807) is 0 Å². The molecule has 6 nitrogen and oxygen atoms in total. The first-order valence-corrected chi connectivity index (χ1v) is 6.06. The van der Waals surface area contributed by atoms with E-state index in [1.807, 2.05) is 0 Å². The molecule has 2 saturated heterocycles. The van der Waals surface area contributed by atoms with Crippen LogP contribution in [0.2, 0.25) is 0 Å². The molecular formula is C6H10O6S2. The van der Waals surface area contributed by atoms with Crippen LogP contribution in [0.25, 0.3) is 0 Å². The lowest BCUT2D eigenvalue weighted by Crippen LogP contribution is -2.73. The number of aliphatic hydroxyl groups is 5. The van der Waals surface area contributed by atoms with E-state index in [9.17, 15) is 20.4 Å². The van der Waals surface area contributed by atoms with Crippen LogP contribution in [-0.2, 0) is 4.74 Å². The zero-order valence-corrected chi connectivity index (χ0v) is 8.53. The first-order chi connectivity index (χ1) is 6.44. The fourth-order valence-corrected chi connectivity index (χ4v) is 3.96. The van der Waals surface area contributed by atoms with Crippen LogP contribution in [0, 0.1) is 0 Å². The van der Waals surface area contributed by atoms with Crippen molar-refractivity contribution in [3.05, 3.63) is 0 Å². The highest BCUT2D eigenvalue weighted by atomic mass is 33.1. The van der Waals surface area contributed by atoms with Crippen molar-refractivity contribution in [1.29, 1.82) is 0 Å². The van der Waals surface area contributed by atoms with Gasteiger partial charge in [-0.25, -0.2) is 0 Å². The third kappa shape index (κ3) is 1.17. The Morgan fingerprint density at radius 2 is 1.86 bits per heavy atom. The number of hydrogen-bond acceptors (Lipinski definition) is 8. The summed E-state index contributed by atoms with van der Waals surface area (Å²) in [6, 6.07) is 0. The van der Waals surface area contributed by atoms with E-state index in [0.29, 0.717) is 0 Å². The van der Waals surface area contributed by atoms with Crippen LogP contribution < -0.4 is 0 Å². The van der Waals surface area contributed by atoms with E-state index in [2.05, 4.69) is 0 Å². The Hall–Kier alpha value is 0.460. The van der Waals surface area contributed by atoms with Gasteiger partial charge >= 0.3 is 0 Å². The monoisotopic (exact) mass is 242 g/mol. The molecule has 0 saturated carbocycles. The Bertz CT molecular complexity index is 252. The van der Waals surface area contributed by atoms with Gasteiger partial charge in [-0.15, -0.1) is 0 Å². The van der Waals surface area contributed by atoms with E-state index in [0.717, 1.165) is 21.6 Å². The molecule has 2 heterocycles. The number of ether oxygens (including phenoxy) is 1. The molecule has 2 rings (SSSR count). The Kier molecular flexibility index (Phi) is 2.52. The average Bonchev–Trinajstić information content (AvgIpc) is 2.19. The maximum Gasteiger partial charge on any atom is 0.269 e. The molecule has 14 heavy (non-hydrogen) atoms. The Morgan fingerprint density at radius 1 is 1.21 bits per heavy atom. The van der Waals surface area contributed by atoms with Gasteiger partial charge in [0.25, 0.3) is 5.12 Å². The fraction of sp³-hybridized carbons (Fsp3) is 1.00. The van der Waals surface area contributed by atoms with E-state index < -0.39 is 35.0 Å². The molecule has 0 amide bonds. The minimum absolute atomic E-state index is 0.540. The lowest BCUT2D eigenvalue weighted by Gasteiger charge is -2.57. The summed E-state index contributed by atoms with van der Waals surface area (Å²) in [7, 11) is 1.65. The summed E-state index contributed by atoms with van der Waals surface area (Å²) < 4.78 is 4.90. The van der Waals surface area contributed by atoms with Crippen LogP contribution in [0.1, 0.15) is 0 Å². The topological polar surface area (TPSA) is 110 Å². The van der Waals surface area contributed by atoms with Crippen LogP contribution in [0.15, 0.2) is 0 Å². The second-order valence-corrected chi connectivity index (χ2v) is 5.73. The molecule has 0 aromatic rings. The van der Waals surface area contributed by atoms with Gasteiger partial charge in [-0.1, -0.05) is 0 Å². The van der Waals surface area contributed by atoms with Gasteiger partial charge in [0.2, 0.25) is 4.93 Å². The van der Waals surface area contributed by atoms with Gasteiger partial charge in [-0.05, 0) is 21.6 Å². The minimum Gasteiger partial charge on any atom is -0.394 e. The van der Waals surface area contributed by atoms with Gasteiger partial charge in [0.15, 0.2) is 0 Å². The molecule has 0 aliphatic carbocycles. The van der Waals surface area contributed by atoms with Crippen LogP contribution in [0.5, 0.6) is 0 Å². The van der Waals surface area contributed by atoms with Crippen molar-refractivity contribution in [3.8, 4) is 0 Å². The molecule has 5 N–H and O–H groups in total. The van der Waals surface area contributed by atoms with Crippen molar-refractivity contribution in [3.63, 3.8) is 0 Å². The SMILES string of the molecule is OC[C@H]1O[C@]2(O)SS[C@@]2(O)[C@@H](O)[C@@H]1O. The molecule has 5 atom stereocenters. The average molecular weight is 242 g/mol. The molecule has 0 radical (unpaired) electrons. The maximum atomic E-state index is 9.72. The summed E-state index contributed by atoms with van der Waals surface area (Å²) in [5.74, 6) is 0. The smallest absolute Gasteiger partial charge is 0.269 e. The summed E-state index contributed by atoms with van der Waals surface area (Å²) in [6.45, 7) is -0.540. The molecule has 8 heteroatoms. The first kappa shape index (κ1) is 11.0. The molecule has 2 aliphatic rings. The number of hydrogen-bond donors (Lipinski definition) is 5. The normalized spacial score (nSPS) is 57.6. The molecular weight excluding hydrogens is 232 g/mol. The lowest BCUT2D eigenvalue weighted by atomic mass is 9.98. The second-order valence-electron chi connectivity index (χ2n) is 3.22. The van der Waals surface area contributed by atoms with Crippen molar-refractivity contribution < 1.29 is 30.3 Å². The minimum atomic E-state index is -1.95. The first-order valence-electron chi connectivity index (χ1n) is 3.91. The standard InChI is InChI=1S/C6H10O6S2/c7-1-2-3(8)4(9)5(10)6(11,12-2)14-13-5/h2-4,7-11H,1H2/t2-,3-,4+,5+,6+/m1/s1. The van der Waals surface area contributed by atoms with Crippen molar-refractivity contribution >= 4 is 21.6 Å². The quantitative estimate of drug-likeness (QED) is 0.330. The van der Waals surface area contributed by atoms with Gasteiger partial charge in [0.05, 0.1) is 6.61 Å². The Morgan fingerprint density at radius 3 is 2.29 bits per heavy atom. The molecule has 0 bridgehead atoms. The largest absolute Gasteiger partial charge is 0.394 e. The number of fused-ring (bicyclic) bond motifs is 1. The molecule has 0 aromatic carbocycles. The van der Waals surface area contributed by atoms with Crippen LogP contribution in [0.4, 0.5) is 0 Å². The van der Waals surface area contributed by atoms with E-state index in [1.165, 1.54) is 0 Å². The lowest BCUT2D eigenvalue weighted by molar-refractivity contribution is -0.320. The van der Waals surface area contributed by atoms with Crippen molar-refractivity contribution in [2.45, 2.75) is 28.4 Å². The summed E-state index contributed by atoms with van der Waals surface area (Å²) >= 11 is 0. The van der Waals surface area contributed by atoms with Gasteiger partial charge in [-0.2, -0.15) is 0 Å². The second kappa shape index (κ2) is 3.22. The third-order valence-electron chi connectivity index (χ3n) is 2.33. The summed E-state index contributed by atoms with van der Waals surface area (Å²) in [5.41, 5.74) is 0. The van der Waals surface area contributed by atoms with Crippen LogP contribution >= 0.6 is 21.6 Å². The Balaban J connectivity index is 2.25. The number of rotatable bonds is 1. The molecule has 0 unspecified atom stereocenters. The third-order valence-corrected chi connectivity index (χ3v) is 5.64. The maximum absolute atomic E-state index is 9.72. The van der Waals surface area contributed by atoms with Gasteiger partial charge in [-0.3, -0.25) is 0 Å². The molecule has 0 aromatic heterocycles. The predicted octanol–water partition coefficient (Wildman–Crippen LogP) is -2.17. The molecule has 2 fully saturated rings. The molecule has 0 spiro atoms. The number of aliphatic hydroxyl groups excluding tert-OH is 3. The van der Waals surface area contributed by atoms with Gasteiger partial charge < -0.3 is 30.3 Å². The molecule has 82 valence electrons. The highest BCUT2D eigenvalue weighted by Gasteiger charge is 2.72. The molecule has 2 aliphatic heterocycles. The van der Waals surface area contributed by atoms with Crippen molar-refractivity contribution in [2.24, 2.45) is 0 Å². The van der Waals surface area contributed by atoms with Crippen molar-refractivity contribution in [2.75, 3.05) is 6.61 Å². The zero-order chi connectivity index (χ0) is 10.6. The van der Waals surface area contributed by atoms with Crippen molar-refractivity contribution in [1.82, 2.24) is 0 Å². The summed E-state index contributed by atoms with van der Waals surface area (Å²) in [6.07, 6.45) is -4.06. The zero-order valence-electron chi connectivity index (χ0n) is 6.90. The summed E-state index contributed by atoms with van der Waals surface area (Å²) in [4.78, 5) is -1.93. The van der Waals surface area contributed by atoms with Gasteiger partial charge in [0, 0.05) is 0 Å². The van der Waals surface area contributed by atoms with E-state index in [-0.39, 0.29) is 0 Å². The fourth-order valence-electron chi connectivity index (χ4n) is 1.39. The van der Waals surface area contributed by atoms with Gasteiger partial charge in [0.1, 0.15) is 18.3 Å². The van der Waals surface area contributed by atoms with Crippen LogP contribution in [-0.4, -0.2) is 60.5 Å². The predicted molar refractivity (Wildman–Crippen MR) is 49.1 cm³/mol. The van der Waals surface area contributed by atoms with E-state index in [4.69, 9.17) is 9.84 Å². The highest BCUT2D eigenvalue weighted by molar-refractivity contribution is 8.80.